The molecule has 0 saturated heterocycles. The van der Waals surface area contributed by atoms with Crippen LogP contribution in [-0.4, -0.2) is 43.6 Å². The molecule has 0 bridgehead atoms. The molecule has 2 aromatic rings. The van der Waals surface area contributed by atoms with Crippen molar-refractivity contribution in [3.63, 3.8) is 0 Å². The van der Waals surface area contributed by atoms with Gasteiger partial charge in [-0.25, -0.2) is 4.79 Å². The Labute approximate surface area is 159 Å². The molecule has 1 amide bonds. The zero-order chi connectivity index (χ0) is 19.8. The van der Waals surface area contributed by atoms with Crippen LogP contribution < -0.4 is 9.47 Å². The first kappa shape index (κ1) is 20.3. The summed E-state index contributed by atoms with van der Waals surface area (Å²) in [4.78, 5) is 26.6. The van der Waals surface area contributed by atoms with Crippen LogP contribution in [0.3, 0.4) is 0 Å². The molecule has 0 atom stereocenters. The number of ether oxygens (including phenoxy) is 3. The van der Waals surface area contributed by atoms with Gasteiger partial charge in [0.15, 0.2) is 6.61 Å². The largest absolute Gasteiger partial charge is 0.497 e. The minimum Gasteiger partial charge on any atom is -0.497 e. The van der Waals surface area contributed by atoms with Crippen LogP contribution in [0.5, 0.6) is 11.5 Å². The SMILES string of the molecule is COc1ccc(C(=O)OCC(=O)N(Cc2ccccc2)C(C)C)c(OC)c1. The summed E-state index contributed by atoms with van der Waals surface area (Å²) >= 11 is 0. The fraction of sp³-hybridized carbons (Fsp3) is 0.333. The third-order valence-corrected chi connectivity index (χ3v) is 4.09. The van der Waals surface area contributed by atoms with Crippen LogP contribution in [0.4, 0.5) is 0 Å². The third kappa shape index (κ3) is 5.48. The molecule has 0 aliphatic rings. The summed E-state index contributed by atoms with van der Waals surface area (Å²) in [7, 11) is 2.98. The van der Waals surface area contributed by atoms with Crippen molar-refractivity contribution in [3.05, 3.63) is 59.7 Å². The van der Waals surface area contributed by atoms with E-state index in [2.05, 4.69) is 0 Å². The molecule has 0 aliphatic heterocycles. The van der Waals surface area contributed by atoms with Crippen molar-refractivity contribution in [1.82, 2.24) is 4.90 Å². The van der Waals surface area contributed by atoms with Gasteiger partial charge in [-0.2, -0.15) is 0 Å². The molecule has 27 heavy (non-hydrogen) atoms. The number of hydrogen-bond donors (Lipinski definition) is 0. The minimum atomic E-state index is -0.619. The van der Waals surface area contributed by atoms with E-state index < -0.39 is 5.97 Å². The quantitative estimate of drug-likeness (QED) is 0.666. The monoisotopic (exact) mass is 371 g/mol. The maximum Gasteiger partial charge on any atom is 0.342 e. The molecule has 0 radical (unpaired) electrons. The highest BCUT2D eigenvalue weighted by Gasteiger charge is 2.21. The second-order valence-electron chi connectivity index (χ2n) is 6.24. The smallest absolute Gasteiger partial charge is 0.342 e. The zero-order valence-corrected chi connectivity index (χ0v) is 16.1. The predicted molar refractivity (Wildman–Crippen MR) is 102 cm³/mol. The number of carbonyl (C=O) groups excluding carboxylic acids is 2. The lowest BCUT2D eigenvalue weighted by Crippen LogP contribution is -2.39. The second kappa shape index (κ2) is 9.62. The first-order chi connectivity index (χ1) is 13.0. The number of amides is 1. The number of hydrogen-bond acceptors (Lipinski definition) is 5. The lowest BCUT2D eigenvalue weighted by atomic mass is 10.2. The average molecular weight is 371 g/mol. The molecular formula is C21H25NO5. The first-order valence-electron chi connectivity index (χ1n) is 8.68. The van der Waals surface area contributed by atoms with Gasteiger partial charge in [0.05, 0.1) is 14.2 Å². The van der Waals surface area contributed by atoms with Gasteiger partial charge in [0.2, 0.25) is 0 Å². The Bertz CT molecular complexity index is 773. The molecular weight excluding hydrogens is 346 g/mol. The fourth-order valence-electron chi connectivity index (χ4n) is 2.59. The summed E-state index contributed by atoms with van der Waals surface area (Å²) < 4.78 is 15.5. The lowest BCUT2D eigenvalue weighted by molar-refractivity contribution is -0.136. The van der Waals surface area contributed by atoms with E-state index in [9.17, 15) is 9.59 Å². The van der Waals surface area contributed by atoms with E-state index >= 15 is 0 Å². The molecule has 6 nitrogen and oxygen atoms in total. The van der Waals surface area contributed by atoms with Gasteiger partial charge in [-0.1, -0.05) is 30.3 Å². The average Bonchev–Trinajstić information content (AvgIpc) is 2.69. The third-order valence-electron chi connectivity index (χ3n) is 4.09. The Balaban J connectivity index is 2.03. The summed E-state index contributed by atoms with van der Waals surface area (Å²) in [5.41, 5.74) is 1.26. The number of carbonyl (C=O) groups is 2. The van der Waals surface area contributed by atoms with Gasteiger partial charge in [-0.3, -0.25) is 4.79 Å². The van der Waals surface area contributed by atoms with Crippen LogP contribution in [-0.2, 0) is 16.1 Å². The Morgan fingerprint density at radius 3 is 2.30 bits per heavy atom. The van der Waals surface area contributed by atoms with Crippen molar-refractivity contribution in [2.75, 3.05) is 20.8 Å². The Morgan fingerprint density at radius 1 is 1.00 bits per heavy atom. The van der Waals surface area contributed by atoms with Crippen LogP contribution in [0, 0.1) is 0 Å². The summed E-state index contributed by atoms with van der Waals surface area (Å²) in [6.45, 7) is 3.98. The molecule has 2 rings (SSSR count). The van der Waals surface area contributed by atoms with Crippen molar-refractivity contribution in [3.8, 4) is 11.5 Å². The Hall–Kier alpha value is -3.02. The highest BCUT2D eigenvalue weighted by Crippen LogP contribution is 2.25. The van der Waals surface area contributed by atoms with Crippen LogP contribution in [0.2, 0.25) is 0 Å². The van der Waals surface area contributed by atoms with Gasteiger partial charge >= 0.3 is 5.97 Å². The van der Waals surface area contributed by atoms with Crippen molar-refractivity contribution in [1.29, 1.82) is 0 Å². The van der Waals surface area contributed by atoms with Crippen molar-refractivity contribution in [2.24, 2.45) is 0 Å². The molecule has 0 heterocycles. The van der Waals surface area contributed by atoms with Gasteiger partial charge in [0.25, 0.3) is 5.91 Å². The van der Waals surface area contributed by atoms with E-state index in [4.69, 9.17) is 14.2 Å². The highest BCUT2D eigenvalue weighted by molar-refractivity contribution is 5.94. The van der Waals surface area contributed by atoms with Gasteiger partial charge < -0.3 is 19.1 Å². The van der Waals surface area contributed by atoms with Gasteiger partial charge in [0, 0.05) is 18.7 Å². The van der Waals surface area contributed by atoms with Crippen LogP contribution in [0.1, 0.15) is 29.8 Å². The van der Waals surface area contributed by atoms with E-state index in [0.717, 1.165) is 5.56 Å². The van der Waals surface area contributed by atoms with E-state index in [-0.39, 0.29) is 24.1 Å². The van der Waals surface area contributed by atoms with E-state index in [0.29, 0.717) is 18.0 Å². The molecule has 2 aromatic carbocycles. The highest BCUT2D eigenvalue weighted by atomic mass is 16.5. The Kier molecular flexibility index (Phi) is 7.23. The van der Waals surface area contributed by atoms with Crippen LogP contribution in [0.15, 0.2) is 48.5 Å². The molecule has 0 N–H and O–H groups in total. The van der Waals surface area contributed by atoms with Crippen LogP contribution in [0.25, 0.3) is 0 Å². The molecule has 0 spiro atoms. The number of nitrogens with zero attached hydrogens (tertiary/aromatic N) is 1. The standard InChI is InChI=1S/C21H25NO5/c1-15(2)22(13-16-8-6-5-7-9-16)20(23)14-27-21(24)18-11-10-17(25-3)12-19(18)26-4/h5-12,15H,13-14H2,1-4H3. The van der Waals surface area contributed by atoms with E-state index in [1.54, 1.807) is 23.1 Å². The molecule has 0 aliphatic carbocycles. The van der Waals surface area contributed by atoms with E-state index in [1.807, 2.05) is 44.2 Å². The molecule has 144 valence electrons. The second-order valence-corrected chi connectivity index (χ2v) is 6.24. The lowest BCUT2D eigenvalue weighted by Gasteiger charge is -2.26. The van der Waals surface area contributed by atoms with Gasteiger partial charge in [-0.15, -0.1) is 0 Å². The summed E-state index contributed by atoms with van der Waals surface area (Å²) in [5, 5.41) is 0. The zero-order valence-electron chi connectivity index (χ0n) is 16.1. The van der Waals surface area contributed by atoms with Gasteiger partial charge in [0.1, 0.15) is 17.1 Å². The molecule has 0 unspecified atom stereocenters. The molecule has 0 saturated carbocycles. The van der Waals surface area contributed by atoms with E-state index in [1.165, 1.54) is 14.2 Å². The molecule has 0 aromatic heterocycles. The molecule has 6 heteroatoms. The number of benzene rings is 2. The maximum atomic E-state index is 12.6. The molecule has 0 fully saturated rings. The van der Waals surface area contributed by atoms with Crippen LogP contribution >= 0.6 is 0 Å². The number of methoxy groups -OCH3 is 2. The number of esters is 1. The number of rotatable bonds is 8. The summed E-state index contributed by atoms with van der Waals surface area (Å²) in [5.74, 6) is 0.0195. The summed E-state index contributed by atoms with van der Waals surface area (Å²) in [6, 6.07) is 14.4. The van der Waals surface area contributed by atoms with Crippen molar-refractivity contribution >= 4 is 11.9 Å². The maximum absolute atomic E-state index is 12.6. The summed E-state index contributed by atoms with van der Waals surface area (Å²) in [6.07, 6.45) is 0. The predicted octanol–water partition coefficient (Wildman–Crippen LogP) is 3.30. The fourth-order valence-corrected chi connectivity index (χ4v) is 2.59. The van der Waals surface area contributed by atoms with Crippen molar-refractivity contribution in [2.45, 2.75) is 26.4 Å². The van der Waals surface area contributed by atoms with Crippen molar-refractivity contribution < 1.29 is 23.8 Å². The first-order valence-corrected chi connectivity index (χ1v) is 8.68. The topological polar surface area (TPSA) is 65.1 Å². The normalized spacial score (nSPS) is 10.4. The Morgan fingerprint density at radius 2 is 1.70 bits per heavy atom. The van der Waals surface area contributed by atoms with Gasteiger partial charge in [-0.05, 0) is 31.5 Å². The minimum absolute atomic E-state index is 0.0214.